The number of hydrogen-bond donors (Lipinski definition) is 1. The molecule has 0 heterocycles. The van der Waals surface area contributed by atoms with Crippen molar-refractivity contribution in [1.29, 1.82) is 0 Å². The van der Waals surface area contributed by atoms with Gasteiger partial charge in [-0.1, -0.05) is 18.2 Å². The first kappa shape index (κ1) is 22.7. The molecule has 1 rings (SSSR count). The van der Waals surface area contributed by atoms with E-state index in [0.29, 0.717) is 0 Å². The number of benzene rings is 1. The minimum absolute atomic E-state index is 0. The van der Waals surface area contributed by atoms with E-state index in [1.807, 2.05) is 0 Å². The summed E-state index contributed by atoms with van der Waals surface area (Å²) in [4.78, 5) is 13.1. The summed E-state index contributed by atoms with van der Waals surface area (Å²) in [5.74, 6) is -0.863. The first-order valence-corrected chi connectivity index (χ1v) is 8.81. The summed E-state index contributed by atoms with van der Waals surface area (Å²) in [6.45, 7) is -0.263. The Morgan fingerprint density at radius 2 is 1.83 bits per heavy atom. The lowest BCUT2D eigenvalue weighted by atomic mass is 10.1. The van der Waals surface area contributed by atoms with Crippen LogP contribution in [-0.2, 0) is 27.4 Å². The summed E-state index contributed by atoms with van der Waals surface area (Å²) >= 11 is 0. The lowest BCUT2D eigenvalue weighted by Crippen LogP contribution is -2.42. The fourth-order valence-corrected chi connectivity index (χ4v) is 2.70. The standard InChI is InChI=1S/C14H19F3N2O3S.ClH/c1-19(13(20)12(18)7-8-23(2,21)22)9-10-5-3-4-6-11(10)14(15,16)17;/h3-6,12H,7-9,18H2,1-2H3;1H. The van der Waals surface area contributed by atoms with Crippen molar-refractivity contribution in [2.75, 3.05) is 19.1 Å². The predicted octanol–water partition coefficient (Wildman–Crippen LogP) is 1.85. The van der Waals surface area contributed by atoms with Gasteiger partial charge in [-0.05, 0) is 18.1 Å². The molecule has 10 heteroatoms. The maximum Gasteiger partial charge on any atom is 0.416 e. The molecule has 1 atom stereocenters. The average molecular weight is 389 g/mol. The molecule has 0 aromatic heterocycles. The third-order valence-electron chi connectivity index (χ3n) is 3.22. The maximum atomic E-state index is 12.9. The Balaban J connectivity index is 0.00000529. The monoisotopic (exact) mass is 388 g/mol. The predicted molar refractivity (Wildman–Crippen MR) is 87.5 cm³/mol. The Morgan fingerprint density at radius 3 is 2.33 bits per heavy atom. The van der Waals surface area contributed by atoms with Gasteiger partial charge in [0.1, 0.15) is 9.84 Å². The first-order valence-electron chi connectivity index (χ1n) is 6.75. The molecule has 138 valence electrons. The van der Waals surface area contributed by atoms with Crippen molar-refractivity contribution in [3.63, 3.8) is 0 Å². The van der Waals surface area contributed by atoms with E-state index >= 15 is 0 Å². The zero-order valence-corrected chi connectivity index (χ0v) is 14.8. The molecule has 0 aliphatic carbocycles. The minimum Gasteiger partial charge on any atom is -0.340 e. The van der Waals surface area contributed by atoms with Gasteiger partial charge < -0.3 is 10.6 Å². The number of nitrogens with two attached hydrogens (primary N) is 1. The zero-order valence-electron chi connectivity index (χ0n) is 13.2. The molecule has 0 radical (unpaired) electrons. The van der Waals surface area contributed by atoms with E-state index in [2.05, 4.69) is 0 Å². The Morgan fingerprint density at radius 1 is 1.29 bits per heavy atom. The Hall–Kier alpha value is -1.32. The van der Waals surface area contributed by atoms with Crippen molar-refractivity contribution in [1.82, 2.24) is 4.90 Å². The first-order chi connectivity index (χ1) is 10.4. The summed E-state index contributed by atoms with van der Waals surface area (Å²) in [7, 11) is -1.93. The van der Waals surface area contributed by atoms with Crippen LogP contribution in [0.15, 0.2) is 24.3 Å². The van der Waals surface area contributed by atoms with Crippen LogP contribution in [0.4, 0.5) is 13.2 Å². The lowest BCUT2D eigenvalue weighted by Gasteiger charge is -2.23. The smallest absolute Gasteiger partial charge is 0.340 e. The summed E-state index contributed by atoms with van der Waals surface area (Å²) in [5, 5.41) is 0. The highest BCUT2D eigenvalue weighted by atomic mass is 35.5. The molecular weight excluding hydrogens is 369 g/mol. The van der Waals surface area contributed by atoms with Crippen LogP contribution in [0.5, 0.6) is 0 Å². The van der Waals surface area contributed by atoms with Gasteiger partial charge in [0.25, 0.3) is 0 Å². The van der Waals surface area contributed by atoms with Crippen molar-refractivity contribution in [2.24, 2.45) is 5.73 Å². The largest absolute Gasteiger partial charge is 0.416 e. The van der Waals surface area contributed by atoms with Crippen molar-refractivity contribution < 1.29 is 26.4 Å². The molecule has 24 heavy (non-hydrogen) atoms. The topological polar surface area (TPSA) is 80.5 Å². The van der Waals surface area contributed by atoms with Gasteiger partial charge in [-0.25, -0.2) is 8.42 Å². The number of sulfone groups is 1. The van der Waals surface area contributed by atoms with Gasteiger partial charge in [-0.3, -0.25) is 4.79 Å². The quantitative estimate of drug-likeness (QED) is 0.806. The van der Waals surface area contributed by atoms with Crippen LogP contribution in [0.1, 0.15) is 17.5 Å². The number of hydrogen-bond acceptors (Lipinski definition) is 4. The highest BCUT2D eigenvalue weighted by molar-refractivity contribution is 7.90. The number of nitrogens with zero attached hydrogens (tertiary/aromatic N) is 1. The van der Waals surface area contributed by atoms with Gasteiger partial charge in [0, 0.05) is 19.8 Å². The van der Waals surface area contributed by atoms with Crippen LogP contribution in [0.3, 0.4) is 0 Å². The second kappa shape index (κ2) is 8.68. The second-order valence-electron chi connectivity index (χ2n) is 5.37. The Kier molecular flexibility index (Phi) is 8.20. The van der Waals surface area contributed by atoms with Crippen LogP contribution in [0.25, 0.3) is 0 Å². The van der Waals surface area contributed by atoms with Crippen molar-refractivity contribution in [2.45, 2.75) is 25.2 Å². The number of carbonyl (C=O) groups is 1. The summed E-state index contributed by atoms with van der Waals surface area (Å²) < 4.78 is 60.9. The van der Waals surface area contributed by atoms with Crippen LogP contribution < -0.4 is 5.73 Å². The summed E-state index contributed by atoms with van der Waals surface area (Å²) in [5.41, 5.74) is 4.76. The summed E-state index contributed by atoms with van der Waals surface area (Å²) in [6, 6.07) is 3.87. The second-order valence-corrected chi connectivity index (χ2v) is 7.63. The Bertz CT molecular complexity index is 665. The molecule has 0 aliphatic rings. The van der Waals surface area contributed by atoms with E-state index < -0.39 is 33.5 Å². The number of carbonyl (C=O) groups excluding carboxylic acids is 1. The molecule has 1 aromatic rings. The van der Waals surface area contributed by atoms with Gasteiger partial charge in [0.15, 0.2) is 0 Å². The molecule has 0 aliphatic heterocycles. The van der Waals surface area contributed by atoms with Gasteiger partial charge in [-0.2, -0.15) is 13.2 Å². The van der Waals surface area contributed by atoms with Crippen LogP contribution >= 0.6 is 12.4 Å². The molecule has 1 amide bonds. The maximum absolute atomic E-state index is 12.9. The lowest BCUT2D eigenvalue weighted by molar-refractivity contribution is -0.139. The third kappa shape index (κ3) is 7.06. The van der Waals surface area contributed by atoms with Gasteiger partial charge >= 0.3 is 6.18 Å². The molecule has 2 N–H and O–H groups in total. The third-order valence-corrected chi connectivity index (χ3v) is 4.20. The van der Waals surface area contributed by atoms with E-state index in [1.165, 1.54) is 25.2 Å². The van der Waals surface area contributed by atoms with Gasteiger partial charge in [-0.15, -0.1) is 12.4 Å². The van der Waals surface area contributed by atoms with Crippen molar-refractivity contribution in [3.8, 4) is 0 Å². The van der Waals surface area contributed by atoms with E-state index in [-0.39, 0.29) is 36.7 Å². The van der Waals surface area contributed by atoms with Crippen LogP contribution in [0.2, 0.25) is 0 Å². The van der Waals surface area contributed by atoms with Crippen molar-refractivity contribution in [3.05, 3.63) is 35.4 Å². The van der Waals surface area contributed by atoms with E-state index in [4.69, 9.17) is 5.73 Å². The van der Waals surface area contributed by atoms with E-state index in [1.54, 1.807) is 0 Å². The molecule has 5 nitrogen and oxygen atoms in total. The van der Waals surface area contributed by atoms with Crippen LogP contribution in [0, 0.1) is 0 Å². The molecule has 0 saturated carbocycles. The number of alkyl halides is 3. The number of rotatable bonds is 6. The van der Waals surface area contributed by atoms with E-state index in [9.17, 15) is 26.4 Å². The van der Waals surface area contributed by atoms with Crippen molar-refractivity contribution >= 4 is 28.2 Å². The SMILES string of the molecule is CN(Cc1ccccc1C(F)(F)F)C(=O)C(N)CCS(C)(=O)=O.Cl. The molecule has 0 spiro atoms. The average Bonchev–Trinajstić information content (AvgIpc) is 2.42. The molecule has 0 saturated heterocycles. The molecule has 1 unspecified atom stereocenters. The molecule has 0 fully saturated rings. The summed E-state index contributed by atoms with van der Waals surface area (Å²) in [6.07, 6.45) is -3.57. The highest BCUT2D eigenvalue weighted by Crippen LogP contribution is 2.32. The van der Waals surface area contributed by atoms with Gasteiger partial charge in [0.2, 0.25) is 5.91 Å². The number of amides is 1. The number of likely N-dealkylation sites (N-methyl/N-ethyl adjacent to an activating group) is 1. The van der Waals surface area contributed by atoms with Crippen LogP contribution in [-0.4, -0.2) is 44.3 Å². The molecule has 0 bridgehead atoms. The zero-order chi connectivity index (χ0) is 17.8. The molecular formula is C14H20ClF3N2O3S. The fraction of sp³-hybridized carbons (Fsp3) is 0.500. The number of halogens is 4. The minimum atomic E-state index is -4.51. The highest BCUT2D eigenvalue weighted by Gasteiger charge is 2.33. The Labute approximate surface area is 145 Å². The van der Waals surface area contributed by atoms with Gasteiger partial charge in [0.05, 0.1) is 17.4 Å². The molecule has 1 aromatic carbocycles. The fourth-order valence-electron chi connectivity index (χ4n) is 2.02. The normalized spacial score (nSPS) is 13.1. The van der Waals surface area contributed by atoms with E-state index in [0.717, 1.165) is 17.2 Å².